The topological polar surface area (TPSA) is 66.4 Å². The molecule has 2 N–H and O–H groups in total. The van der Waals surface area contributed by atoms with Gasteiger partial charge in [0.1, 0.15) is 0 Å². The first kappa shape index (κ1) is 14.2. The van der Waals surface area contributed by atoms with Gasteiger partial charge >= 0.3 is 5.97 Å². The first-order chi connectivity index (χ1) is 8.29. The SMILES string of the molecule is CCC(C)(C)C(=O)Nc1c(C)cccc1C(=O)O. The fourth-order valence-electron chi connectivity index (χ4n) is 1.46. The van der Waals surface area contributed by atoms with Crippen LogP contribution in [0.2, 0.25) is 0 Å². The minimum absolute atomic E-state index is 0.121. The van der Waals surface area contributed by atoms with Gasteiger partial charge in [0.2, 0.25) is 5.91 Å². The Hall–Kier alpha value is -1.84. The number of carboxylic acid groups (broad SMARTS) is 1. The molecule has 1 aromatic rings. The number of amides is 1. The number of rotatable bonds is 4. The van der Waals surface area contributed by atoms with Crippen molar-refractivity contribution in [3.05, 3.63) is 29.3 Å². The van der Waals surface area contributed by atoms with Gasteiger partial charge in [-0.3, -0.25) is 4.79 Å². The molecule has 0 aliphatic rings. The van der Waals surface area contributed by atoms with Crippen LogP contribution in [0, 0.1) is 12.3 Å². The number of nitrogens with one attached hydrogen (secondary N) is 1. The molecule has 0 spiro atoms. The average molecular weight is 249 g/mol. The van der Waals surface area contributed by atoms with Gasteiger partial charge in [0, 0.05) is 5.41 Å². The van der Waals surface area contributed by atoms with Crippen molar-refractivity contribution < 1.29 is 14.7 Å². The number of carbonyl (C=O) groups excluding carboxylic acids is 1. The summed E-state index contributed by atoms with van der Waals surface area (Å²) in [6.45, 7) is 7.37. The predicted octanol–water partition coefficient (Wildman–Crippen LogP) is 3.07. The lowest BCUT2D eigenvalue weighted by atomic mass is 9.89. The van der Waals surface area contributed by atoms with Crippen LogP contribution in [0.1, 0.15) is 43.1 Å². The highest BCUT2D eigenvalue weighted by molar-refractivity contribution is 6.02. The second kappa shape index (κ2) is 5.21. The van der Waals surface area contributed by atoms with Crippen molar-refractivity contribution >= 4 is 17.6 Å². The van der Waals surface area contributed by atoms with Crippen LogP contribution in [0.3, 0.4) is 0 Å². The van der Waals surface area contributed by atoms with Crippen LogP contribution in [0.25, 0.3) is 0 Å². The van der Waals surface area contributed by atoms with Crippen LogP contribution in [0.15, 0.2) is 18.2 Å². The van der Waals surface area contributed by atoms with Crippen molar-refractivity contribution in [2.24, 2.45) is 5.41 Å². The molecule has 0 atom stereocenters. The van der Waals surface area contributed by atoms with Gasteiger partial charge in [0.05, 0.1) is 11.3 Å². The van der Waals surface area contributed by atoms with E-state index in [4.69, 9.17) is 5.11 Å². The number of aromatic carboxylic acids is 1. The molecule has 1 amide bonds. The quantitative estimate of drug-likeness (QED) is 0.861. The maximum atomic E-state index is 12.1. The third-order valence-corrected chi connectivity index (χ3v) is 3.24. The smallest absolute Gasteiger partial charge is 0.337 e. The largest absolute Gasteiger partial charge is 0.478 e. The molecule has 0 bridgehead atoms. The Morgan fingerprint density at radius 2 is 1.94 bits per heavy atom. The van der Waals surface area contributed by atoms with E-state index in [1.807, 2.05) is 20.8 Å². The Kier molecular flexibility index (Phi) is 4.11. The molecule has 0 saturated carbocycles. The zero-order valence-electron chi connectivity index (χ0n) is 11.2. The number of anilines is 1. The Bertz CT molecular complexity index is 478. The van der Waals surface area contributed by atoms with Crippen LogP contribution in [-0.4, -0.2) is 17.0 Å². The Labute approximate surface area is 107 Å². The van der Waals surface area contributed by atoms with Crippen LogP contribution >= 0.6 is 0 Å². The summed E-state index contributed by atoms with van der Waals surface area (Å²) in [5.74, 6) is -1.20. The van der Waals surface area contributed by atoms with Crippen LogP contribution in [-0.2, 0) is 4.79 Å². The van der Waals surface area contributed by atoms with E-state index in [0.29, 0.717) is 12.1 Å². The second-order valence-corrected chi connectivity index (χ2v) is 4.99. The first-order valence-electron chi connectivity index (χ1n) is 5.94. The zero-order chi connectivity index (χ0) is 13.9. The van der Waals surface area contributed by atoms with E-state index in [1.165, 1.54) is 6.07 Å². The molecular formula is C14H19NO3. The summed E-state index contributed by atoms with van der Waals surface area (Å²) in [5, 5.41) is 11.8. The van der Waals surface area contributed by atoms with Crippen molar-refractivity contribution in [3.8, 4) is 0 Å². The van der Waals surface area contributed by atoms with E-state index >= 15 is 0 Å². The normalized spacial score (nSPS) is 11.1. The molecule has 0 aromatic heterocycles. The first-order valence-corrected chi connectivity index (χ1v) is 5.94. The third kappa shape index (κ3) is 2.88. The summed E-state index contributed by atoms with van der Waals surface area (Å²) in [5.41, 5.74) is 0.736. The second-order valence-electron chi connectivity index (χ2n) is 4.99. The molecule has 0 fully saturated rings. The van der Waals surface area contributed by atoms with Gasteiger partial charge < -0.3 is 10.4 Å². The molecular weight excluding hydrogens is 230 g/mol. The lowest BCUT2D eigenvalue weighted by molar-refractivity contribution is -0.124. The van der Waals surface area contributed by atoms with Crippen molar-refractivity contribution in [2.45, 2.75) is 34.1 Å². The highest BCUT2D eigenvalue weighted by atomic mass is 16.4. The van der Waals surface area contributed by atoms with Crippen molar-refractivity contribution in [2.75, 3.05) is 5.32 Å². The lowest BCUT2D eigenvalue weighted by Gasteiger charge is -2.22. The third-order valence-electron chi connectivity index (χ3n) is 3.24. The van der Waals surface area contributed by atoms with Gasteiger partial charge in [-0.1, -0.05) is 32.9 Å². The van der Waals surface area contributed by atoms with Gasteiger partial charge in [-0.15, -0.1) is 0 Å². The number of hydrogen-bond donors (Lipinski definition) is 2. The van der Waals surface area contributed by atoms with Crippen LogP contribution in [0.4, 0.5) is 5.69 Å². The van der Waals surface area contributed by atoms with Crippen molar-refractivity contribution in [3.63, 3.8) is 0 Å². The predicted molar refractivity (Wildman–Crippen MR) is 70.8 cm³/mol. The number of aryl methyl sites for hydroxylation is 1. The maximum absolute atomic E-state index is 12.1. The van der Waals surface area contributed by atoms with Gasteiger partial charge in [0.25, 0.3) is 0 Å². The maximum Gasteiger partial charge on any atom is 0.337 e. The molecule has 0 aliphatic heterocycles. The summed E-state index contributed by atoms with van der Waals surface area (Å²) in [7, 11) is 0. The highest BCUT2D eigenvalue weighted by Crippen LogP contribution is 2.26. The molecule has 0 radical (unpaired) electrons. The number of carboxylic acids is 1. The number of carbonyl (C=O) groups is 2. The van der Waals surface area contributed by atoms with E-state index < -0.39 is 11.4 Å². The Balaban J connectivity index is 3.12. The zero-order valence-corrected chi connectivity index (χ0v) is 11.2. The summed E-state index contributed by atoms with van der Waals surface area (Å²) in [6, 6.07) is 4.93. The van der Waals surface area contributed by atoms with Crippen molar-refractivity contribution in [1.29, 1.82) is 0 Å². The molecule has 0 aliphatic carbocycles. The number of para-hydroxylation sites is 1. The molecule has 0 saturated heterocycles. The summed E-state index contributed by atoms with van der Waals surface area (Å²) in [6.07, 6.45) is 0.688. The minimum atomic E-state index is -1.04. The molecule has 0 heterocycles. The summed E-state index contributed by atoms with van der Waals surface area (Å²) < 4.78 is 0. The molecule has 18 heavy (non-hydrogen) atoms. The molecule has 1 aromatic carbocycles. The molecule has 4 heteroatoms. The van der Waals surface area contributed by atoms with Crippen LogP contribution in [0.5, 0.6) is 0 Å². The molecule has 4 nitrogen and oxygen atoms in total. The number of benzene rings is 1. The fraction of sp³-hybridized carbons (Fsp3) is 0.429. The van der Waals surface area contributed by atoms with E-state index in [0.717, 1.165) is 5.56 Å². The van der Waals surface area contributed by atoms with E-state index in [2.05, 4.69) is 5.32 Å². The van der Waals surface area contributed by atoms with E-state index in [-0.39, 0.29) is 11.5 Å². The molecule has 1 rings (SSSR count). The van der Waals surface area contributed by atoms with Crippen molar-refractivity contribution in [1.82, 2.24) is 0 Å². The standard InChI is InChI=1S/C14H19NO3/c1-5-14(3,4)13(18)15-11-9(2)7-6-8-10(11)12(16)17/h6-8H,5H2,1-4H3,(H,15,18)(H,16,17). The summed E-state index contributed by atoms with van der Waals surface area (Å²) in [4.78, 5) is 23.2. The lowest BCUT2D eigenvalue weighted by Crippen LogP contribution is -2.31. The van der Waals surface area contributed by atoms with Gasteiger partial charge in [0.15, 0.2) is 0 Å². The highest BCUT2D eigenvalue weighted by Gasteiger charge is 2.26. The van der Waals surface area contributed by atoms with Crippen LogP contribution < -0.4 is 5.32 Å². The number of hydrogen-bond acceptors (Lipinski definition) is 2. The Morgan fingerprint density at radius 3 is 2.44 bits per heavy atom. The van der Waals surface area contributed by atoms with E-state index in [9.17, 15) is 9.59 Å². The van der Waals surface area contributed by atoms with E-state index in [1.54, 1.807) is 19.1 Å². The van der Waals surface area contributed by atoms with Gasteiger partial charge in [-0.05, 0) is 25.0 Å². The Morgan fingerprint density at radius 1 is 1.33 bits per heavy atom. The average Bonchev–Trinajstić information content (AvgIpc) is 2.31. The molecule has 0 unspecified atom stereocenters. The fourth-order valence-corrected chi connectivity index (χ4v) is 1.46. The minimum Gasteiger partial charge on any atom is -0.478 e. The van der Waals surface area contributed by atoms with Gasteiger partial charge in [-0.25, -0.2) is 4.79 Å². The van der Waals surface area contributed by atoms with Gasteiger partial charge in [-0.2, -0.15) is 0 Å². The monoisotopic (exact) mass is 249 g/mol. The summed E-state index contributed by atoms with van der Waals surface area (Å²) >= 11 is 0. The molecule has 98 valence electrons.